The molecule has 2 fully saturated rings. The summed E-state index contributed by atoms with van der Waals surface area (Å²) in [5.41, 5.74) is 1.07. The van der Waals surface area contributed by atoms with Gasteiger partial charge in [-0.25, -0.2) is 8.42 Å². The Bertz CT molecular complexity index is 548. The molecular formula is C14H17ClO2S. The van der Waals surface area contributed by atoms with Crippen LogP contribution in [0.15, 0.2) is 29.2 Å². The van der Waals surface area contributed by atoms with Crippen molar-refractivity contribution in [2.24, 2.45) is 11.8 Å². The largest absolute Gasteiger partial charge is 0.223 e. The summed E-state index contributed by atoms with van der Waals surface area (Å²) in [7, 11) is -3.27. The van der Waals surface area contributed by atoms with Crippen molar-refractivity contribution in [3.8, 4) is 0 Å². The van der Waals surface area contributed by atoms with E-state index in [2.05, 4.69) is 0 Å². The highest BCUT2D eigenvalue weighted by Gasteiger charge is 2.52. The Labute approximate surface area is 113 Å². The van der Waals surface area contributed by atoms with E-state index in [-0.39, 0.29) is 16.5 Å². The van der Waals surface area contributed by atoms with E-state index in [9.17, 15) is 8.42 Å². The van der Waals surface area contributed by atoms with Crippen molar-refractivity contribution < 1.29 is 8.42 Å². The van der Waals surface area contributed by atoms with Crippen molar-refractivity contribution in [1.29, 1.82) is 0 Å². The Morgan fingerprint density at radius 3 is 2.28 bits per heavy atom. The zero-order valence-electron chi connectivity index (χ0n) is 10.3. The maximum Gasteiger partial charge on any atom is 0.182 e. The van der Waals surface area contributed by atoms with Gasteiger partial charge in [0.25, 0.3) is 0 Å². The van der Waals surface area contributed by atoms with Crippen LogP contribution < -0.4 is 0 Å². The standard InChI is InChI=1S/C14H17ClO2S/c1-9-2-6-12(7-3-9)18(16,17)14-11-5-4-10(8-11)13(14)15/h2-3,6-7,10-11,13-14H,4-5,8H2,1H3. The highest BCUT2D eigenvalue weighted by Crippen LogP contribution is 2.51. The van der Waals surface area contributed by atoms with Gasteiger partial charge in [-0.1, -0.05) is 17.7 Å². The Morgan fingerprint density at radius 1 is 1.11 bits per heavy atom. The molecule has 0 amide bonds. The Morgan fingerprint density at radius 2 is 1.72 bits per heavy atom. The van der Waals surface area contributed by atoms with Crippen LogP contribution in [0, 0.1) is 18.8 Å². The van der Waals surface area contributed by atoms with Crippen LogP contribution in [-0.4, -0.2) is 19.0 Å². The van der Waals surface area contributed by atoms with Gasteiger partial charge in [0, 0.05) is 0 Å². The molecule has 0 radical (unpaired) electrons. The maximum absolute atomic E-state index is 12.7. The highest BCUT2D eigenvalue weighted by molar-refractivity contribution is 7.92. The first-order valence-corrected chi connectivity index (χ1v) is 8.43. The normalized spacial score (nSPS) is 35.0. The number of sulfone groups is 1. The second kappa shape index (κ2) is 4.24. The molecule has 1 aromatic rings. The van der Waals surface area contributed by atoms with Gasteiger partial charge in [0.2, 0.25) is 0 Å². The maximum atomic E-state index is 12.7. The quantitative estimate of drug-likeness (QED) is 0.782. The molecule has 98 valence electrons. The van der Waals surface area contributed by atoms with Crippen LogP contribution in [0.1, 0.15) is 24.8 Å². The lowest BCUT2D eigenvalue weighted by molar-refractivity contribution is 0.470. The summed E-state index contributed by atoms with van der Waals surface area (Å²) < 4.78 is 25.3. The molecule has 4 atom stereocenters. The summed E-state index contributed by atoms with van der Waals surface area (Å²) in [6.45, 7) is 1.96. The molecule has 3 rings (SSSR count). The van der Waals surface area contributed by atoms with Crippen molar-refractivity contribution >= 4 is 21.4 Å². The molecule has 2 saturated carbocycles. The fraction of sp³-hybridized carbons (Fsp3) is 0.571. The van der Waals surface area contributed by atoms with E-state index < -0.39 is 9.84 Å². The van der Waals surface area contributed by atoms with E-state index in [1.54, 1.807) is 12.1 Å². The predicted molar refractivity (Wildman–Crippen MR) is 72.6 cm³/mol. The van der Waals surface area contributed by atoms with Crippen LogP contribution in [0.2, 0.25) is 0 Å². The van der Waals surface area contributed by atoms with Gasteiger partial charge in [-0.2, -0.15) is 0 Å². The van der Waals surface area contributed by atoms with Crippen molar-refractivity contribution in [3.05, 3.63) is 29.8 Å². The van der Waals surface area contributed by atoms with Gasteiger partial charge in [0.1, 0.15) is 0 Å². The lowest BCUT2D eigenvalue weighted by Gasteiger charge is -2.26. The minimum atomic E-state index is -3.27. The third-order valence-corrected chi connectivity index (χ3v) is 7.55. The molecule has 0 saturated heterocycles. The van der Waals surface area contributed by atoms with Crippen molar-refractivity contribution in [1.82, 2.24) is 0 Å². The third-order valence-electron chi connectivity index (χ3n) is 4.45. The van der Waals surface area contributed by atoms with E-state index in [0.717, 1.165) is 24.8 Å². The number of fused-ring (bicyclic) bond motifs is 2. The smallest absolute Gasteiger partial charge is 0.182 e. The fourth-order valence-electron chi connectivity index (χ4n) is 3.48. The molecule has 2 nitrogen and oxygen atoms in total. The van der Waals surface area contributed by atoms with Gasteiger partial charge < -0.3 is 0 Å². The summed E-state index contributed by atoms with van der Waals surface area (Å²) in [5, 5.41) is -0.573. The number of benzene rings is 1. The first kappa shape index (κ1) is 12.5. The monoisotopic (exact) mass is 284 g/mol. The van der Waals surface area contributed by atoms with E-state index in [1.807, 2.05) is 19.1 Å². The third kappa shape index (κ3) is 1.79. The Kier molecular flexibility index (Phi) is 2.94. The molecule has 0 aliphatic heterocycles. The molecule has 0 aromatic heterocycles. The summed E-state index contributed by atoms with van der Waals surface area (Å²) in [6.07, 6.45) is 3.10. The number of halogens is 1. The van der Waals surface area contributed by atoms with Crippen LogP contribution in [0.3, 0.4) is 0 Å². The lowest BCUT2D eigenvalue weighted by Crippen LogP contribution is -2.36. The van der Waals surface area contributed by atoms with Gasteiger partial charge in [-0.05, 0) is 50.2 Å². The van der Waals surface area contributed by atoms with Crippen molar-refractivity contribution in [2.45, 2.75) is 41.7 Å². The van der Waals surface area contributed by atoms with Gasteiger partial charge in [0.15, 0.2) is 9.84 Å². The van der Waals surface area contributed by atoms with Gasteiger partial charge in [0.05, 0.1) is 15.5 Å². The summed E-state index contributed by atoms with van der Waals surface area (Å²) in [6, 6.07) is 7.12. The van der Waals surface area contributed by atoms with E-state index in [0.29, 0.717) is 10.8 Å². The molecule has 1 aromatic carbocycles. The molecule has 0 spiro atoms. The van der Waals surface area contributed by atoms with Crippen molar-refractivity contribution in [2.75, 3.05) is 0 Å². The van der Waals surface area contributed by atoms with Crippen LogP contribution in [-0.2, 0) is 9.84 Å². The van der Waals surface area contributed by atoms with Gasteiger partial charge >= 0.3 is 0 Å². The minimum Gasteiger partial charge on any atom is -0.223 e. The molecule has 0 N–H and O–H groups in total. The number of alkyl halides is 1. The molecule has 2 aliphatic rings. The van der Waals surface area contributed by atoms with E-state index in [1.165, 1.54) is 0 Å². The Hall–Kier alpha value is -0.540. The summed E-state index contributed by atoms with van der Waals surface area (Å²) in [4.78, 5) is 0.427. The number of rotatable bonds is 2. The fourth-order valence-corrected chi connectivity index (χ4v) is 6.47. The Balaban J connectivity index is 1.98. The predicted octanol–water partition coefficient (Wildman–Crippen LogP) is 3.17. The van der Waals surface area contributed by atoms with E-state index in [4.69, 9.17) is 11.6 Å². The molecule has 0 heterocycles. The summed E-state index contributed by atoms with van der Waals surface area (Å²) >= 11 is 6.36. The second-order valence-corrected chi connectivity index (χ2v) is 8.21. The van der Waals surface area contributed by atoms with Gasteiger partial charge in [-0.15, -0.1) is 11.6 Å². The summed E-state index contributed by atoms with van der Waals surface area (Å²) in [5.74, 6) is 0.672. The van der Waals surface area contributed by atoms with Crippen LogP contribution >= 0.6 is 11.6 Å². The van der Waals surface area contributed by atoms with Gasteiger partial charge in [-0.3, -0.25) is 0 Å². The number of hydrogen-bond acceptors (Lipinski definition) is 2. The minimum absolute atomic E-state index is 0.199. The van der Waals surface area contributed by atoms with Crippen LogP contribution in [0.4, 0.5) is 0 Å². The van der Waals surface area contributed by atoms with Crippen LogP contribution in [0.25, 0.3) is 0 Å². The molecular weight excluding hydrogens is 268 g/mol. The van der Waals surface area contributed by atoms with Crippen LogP contribution in [0.5, 0.6) is 0 Å². The molecule has 18 heavy (non-hydrogen) atoms. The SMILES string of the molecule is Cc1ccc(S(=O)(=O)C2C3CCC(C3)C2Cl)cc1. The zero-order chi connectivity index (χ0) is 12.9. The first-order chi connectivity index (χ1) is 8.50. The first-order valence-electron chi connectivity index (χ1n) is 6.45. The molecule has 4 heteroatoms. The topological polar surface area (TPSA) is 34.1 Å². The molecule has 2 bridgehead atoms. The lowest BCUT2D eigenvalue weighted by atomic mass is 10.00. The second-order valence-electron chi connectivity index (χ2n) is 5.60. The average Bonchev–Trinajstić information content (AvgIpc) is 2.89. The number of hydrogen-bond donors (Lipinski definition) is 0. The average molecular weight is 285 g/mol. The zero-order valence-corrected chi connectivity index (χ0v) is 11.9. The number of aryl methyl sites for hydroxylation is 1. The molecule has 4 unspecified atom stereocenters. The van der Waals surface area contributed by atoms with Crippen molar-refractivity contribution in [3.63, 3.8) is 0 Å². The highest BCUT2D eigenvalue weighted by atomic mass is 35.5. The molecule has 2 aliphatic carbocycles. The van der Waals surface area contributed by atoms with E-state index >= 15 is 0 Å².